The minimum Gasteiger partial charge on any atom is -0.387 e. The summed E-state index contributed by atoms with van der Waals surface area (Å²) in [6, 6.07) is 0.571. The molecule has 0 saturated heterocycles. The van der Waals surface area contributed by atoms with Crippen molar-refractivity contribution in [1.82, 2.24) is 35.2 Å². The normalized spacial score (nSPS) is 17.0. The van der Waals surface area contributed by atoms with Gasteiger partial charge in [0.25, 0.3) is 0 Å². The van der Waals surface area contributed by atoms with Gasteiger partial charge in [0, 0.05) is 23.8 Å². The Bertz CT molecular complexity index is 2430. The Balaban J connectivity index is 2.62. The molecule has 3 heterocycles. The van der Waals surface area contributed by atoms with Crippen LogP contribution in [-0.4, -0.2) is 37.0 Å². The summed E-state index contributed by atoms with van der Waals surface area (Å²) in [4.78, 5) is 11.0. The third-order valence-electron chi connectivity index (χ3n) is 7.76. The van der Waals surface area contributed by atoms with Gasteiger partial charge in [-0.05, 0) is 0 Å². The first-order valence-electron chi connectivity index (χ1n) is 15.5. The SMILES string of the molecule is CNC(=C1C(=C(\C#N)c2c(C(F)(F)F)nc(C(F)(F)F)nc2C(F)(F)F)/C1=C(\C#N)c1c(C(F)(F)F)nc(C(F)(F)F)nc1C(F)(F)F)c1c(C(F)(F)F)nc(C(F)(F)F)nc1C(F)(F)F. The maximum atomic E-state index is 14.4. The number of halogens is 27. The molecule has 1 fully saturated rings. The third kappa shape index (κ3) is 9.94. The summed E-state index contributed by atoms with van der Waals surface area (Å²) in [7, 11) is -0.000980. The van der Waals surface area contributed by atoms with E-state index in [1.807, 2.05) is 29.9 Å². The van der Waals surface area contributed by atoms with Gasteiger partial charge >= 0.3 is 55.6 Å². The van der Waals surface area contributed by atoms with E-state index in [4.69, 9.17) is 0 Å². The van der Waals surface area contributed by atoms with Gasteiger partial charge in [-0.1, -0.05) is 0 Å². The first-order chi connectivity index (χ1) is 29.3. The number of nitrogens with zero attached hydrogens (tertiary/aromatic N) is 8. The average Bonchev–Trinajstić information content (AvgIpc) is 3.81. The largest absolute Gasteiger partial charge is 0.451 e. The van der Waals surface area contributed by atoms with Gasteiger partial charge < -0.3 is 5.32 Å². The summed E-state index contributed by atoms with van der Waals surface area (Å²) in [5.74, 6) is -10.2. The van der Waals surface area contributed by atoms with Crippen LogP contribution >= 0.6 is 0 Å². The summed E-state index contributed by atoms with van der Waals surface area (Å²) in [6.07, 6.45) is -60.0. The molecule has 9 nitrogen and oxygen atoms in total. The molecule has 0 aromatic carbocycles. The van der Waals surface area contributed by atoms with Gasteiger partial charge in [-0.2, -0.15) is 129 Å². The van der Waals surface area contributed by atoms with E-state index in [9.17, 15) is 129 Å². The number of aromatic nitrogens is 6. The fourth-order valence-electron chi connectivity index (χ4n) is 5.49. The smallest absolute Gasteiger partial charge is 0.387 e. The highest BCUT2D eigenvalue weighted by atomic mass is 19.4. The van der Waals surface area contributed by atoms with Crippen molar-refractivity contribution in [2.75, 3.05) is 7.05 Å². The Morgan fingerprint density at radius 1 is 0.333 bits per heavy atom. The molecular weight excluding hydrogens is 999 g/mol. The molecule has 358 valence electrons. The Morgan fingerprint density at radius 2 is 0.530 bits per heavy atom. The maximum Gasteiger partial charge on any atom is 0.451 e. The Hall–Kier alpha value is -6.65. The average molecular weight is 1000 g/mol. The molecule has 0 unspecified atom stereocenters. The quantitative estimate of drug-likeness (QED) is 0.200. The number of rotatable bonds is 4. The molecule has 1 saturated carbocycles. The molecule has 1 aliphatic carbocycles. The number of allylic oxidation sites excluding steroid dienone is 5. The summed E-state index contributed by atoms with van der Waals surface area (Å²) in [5.41, 5.74) is -46.7. The van der Waals surface area contributed by atoms with E-state index in [-0.39, 0.29) is 19.2 Å². The molecule has 3 aromatic heterocycles. The van der Waals surface area contributed by atoms with Crippen LogP contribution < -0.4 is 5.32 Å². The van der Waals surface area contributed by atoms with Gasteiger partial charge in [0.2, 0.25) is 17.5 Å². The second-order valence-electron chi connectivity index (χ2n) is 12.1. The van der Waals surface area contributed by atoms with Crippen molar-refractivity contribution in [3.8, 4) is 12.1 Å². The highest BCUT2D eigenvalue weighted by molar-refractivity contribution is 6.11. The Labute approximate surface area is 341 Å². The Morgan fingerprint density at radius 3 is 0.682 bits per heavy atom. The van der Waals surface area contributed by atoms with Gasteiger partial charge in [-0.25, -0.2) is 29.9 Å². The van der Waals surface area contributed by atoms with E-state index >= 15 is 0 Å². The van der Waals surface area contributed by atoms with Gasteiger partial charge in [-0.15, -0.1) is 0 Å². The van der Waals surface area contributed by atoms with Crippen LogP contribution in [0.5, 0.6) is 0 Å². The van der Waals surface area contributed by atoms with E-state index in [1.54, 1.807) is 0 Å². The number of nitriles is 2. The van der Waals surface area contributed by atoms with Crippen LogP contribution in [0.15, 0.2) is 16.7 Å². The van der Waals surface area contributed by atoms with Crippen LogP contribution in [-0.2, 0) is 55.6 Å². The zero-order chi connectivity index (χ0) is 51.3. The molecule has 3 aromatic rings. The van der Waals surface area contributed by atoms with Crippen molar-refractivity contribution in [3.05, 3.63) is 85.0 Å². The van der Waals surface area contributed by atoms with Crippen molar-refractivity contribution >= 4 is 16.8 Å². The van der Waals surface area contributed by atoms with Crippen molar-refractivity contribution in [2.24, 2.45) is 0 Å². The van der Waals surface area contributed by atoms with E-state index in [1.165, 1.54) is 5.32 Å². The monoisotopic (exact) mass is 1000 g/mol. The van der Waals surface area contributed by atoms with Crippen LogP contribution in [0.2, 0.25) is 0 Å². The zero-order valence-corrected chi connectivity index (χ0v) is 29.8. The van der Waals surface area contributed by atoms with Crippen LogP contribution in [0.4, 0.5) is 119 Å². The Kier molecular flexibility index (Phi) is 12.4. The van der Waals surface area contributed by atoms with Crippen molar-refractivity contribution in [2.45, 2.75) is 55.6 Å². The maximum absolute atomic E-state index is 14.4. The highest BCUT2D eigenvalue weighted by Crippen LogP contribution is 2.60. The molecular formula is C30H4F27N9. The summed E-state index contributed by atoms with van der Waals surface area (Å²) < 4.78 is 381. The zero-order valence-electron chi connectivity index (χ0n) is 29.8. The molecule has 4 rings (SSSR count). The van der Waals surface area contributed by atoms with Crippen molar-refractivity contribution in [1.29, 1.82) is 10.5 Å². The second-order valence-corrected chi connectivity index (χ2v) is 12.1. The molecule has 0 atom stereocenters. The molecule has 0 bridgehead atoms. The van der Waals surface area contributed by atoms with E-state index in [0.29, 0.717) is 0 Å². The summed E-state index contributed by atoms with van der Waals surface area (Å²) in [5, 5.41) is 21.2. The van der Waals surface area contributed by atoms with Gasteiger partial charge in [0.15, 0.2) is 34.2 Å². The lowest BCUT2D eigenvalue weighted by atomic mass is 9.98. The number of hydrogen-bond acceptors (Lipinski definition) is 9. The van der Waals surface area contributed by atoms with E-state index in [0.717, 1.165) is 0 Å². The molecule has 0 spiro atoms. The number of nitrogens with one attached hydrogen (secondary N) is 1. The molecule has 0 radical (unpaired) electrons. The minimum atomic E-state index is -6.80. The topological polar surface area (TPSA) is 137 Å². The first-order valence-corrected chi connectivity index (χ1v) is 15.5. The van der Waals surface area contributed by atoms with E-state index < -0.39 is 157 Å². The molecule has 36 heteroatoms. The van der Waals surface area contributed by atoms with Crippen LogP contribution in [0.1, 0.15) is 68.3 Å². The minimum absolute atomic E-state index is 0.000980. The van der Waals surface area contributed by atoms with Crippen LogP contribution in [0.3, 0.4) is 0 Å². The van der Waals surface area contributed by atoms with Gasteiger partial charge in [0.1, 0.15) is 12.1 Å². The second kappa shape index (κ2) is 15.8. The van der Waals surface area contributed by atoms with Crippen LogP contribution in [0, 0.1) is 22.7 Å². The predicted molar refractivity (Wildman–Crippen MR) is 152 cm³/mol. The molecule has 66 heavy (non-hydrogen) atoms. The lowest BCUT2D eigenvalue weighted by Gasteiger charge is -2.21. The molecule has 1 aliphatic rings. The predicted octanol–water partition coefficient (Wildman–Crippen LogP) is 11.1. The summed E-state index contributed by atoms with van der Waals surface area (Å²) in [6.45, 7) is 0. The lowest BCUT2D eigenvalue weighted by molar-refractivity contribution is -0.162. The summed E-state index contributed by atoms with van der Waals surface area (Å²) >= 11 is 0. The van der Waals surface area contributed by atoms with E-state index in [2.05, 4.69) is 0 Å². The van der Waals surface area contributed by atoms with Crippen LogP contribution in [0.25, 0.3) is 16.8 Å². The molecule has 0 aliphatic heterocycles. The standard InChI is InChI=1S/C30H4F27N9/c1-60-12(11-17(26(43,44)45)65-21(30(55,56)57)66-18(11)27(46,47)48)10-6(4(2-58)8-13(22(31,32)33)61-19(28(49,50)51)62-14(8)23(34,35)36)7(10)5(3-59)9-15(24(37,38)39)63-20(29(52,53)54)64-16(9)25(40,41)42/h60H,1H3/b6-4-,7-5+,12-10?. The molecule has 0 amide bonds. The van der Waals surface area contributed by atoms with Crippen molar-refractivity contribution in [3.63, 3.8) is 0 Å². The lowest BCUT2D eigenvalue weighted by Crippen LogP contribution is -2.27. The highest BCUT2D eigenvalue weighted by Gasteiger charge is 2.56. The molecule has 1 N–H and O–H groups in total. The fourth-order valence-corrected chi connectivity index (χ4v) is 5.49. The third-order valence-corrected chi connectivity index (χ3v) is 7.76. The van der Waals surface area contributed by atoms with Gasteiger partial charge in [-0.3, -0.25) is 0 Å². The first kappa shape index (κ1) is 52.0. The number of alkyl halides is 27. The number of hydrogen-bond donors (Lipinski definition) is 1. The van der Waals surface area contributed by atoms with Crippen molar-refractivity contribution < 1.29 is 119 Å². The van der Waals surface area contributed by atoms with Gasteiger partial charge in [0.05, 0.1) is 33.5 Å². The fraction of sp³-hybridized carbons (Fsp3) is 0.333.